The van der Waals surface area contributed by atoms with Crippen LogP contribution in [0, 0.1) is 0 Å². The zero-order valence-electron chi connectivity index (χ0n) is 19.6. The van der Waals surface area contributed by atoms with Crippen molar-refractivity contribution in [2.24, 2.45) is 12.0 Å². The highest BCUT2D eigenvalue weighted by Gasteiger charge is 2.52. The van der Waals surface area contributed by atoms with Crippen LogP contribution in [0.15, 0.2) is 66.8 Å². The lowest BCUT2D eigenvalue weighted by atomic mass is 9.83. The molecular formula is C25H23ClN8O2. The first-order chi connectivity index (χ1) is 17.5. The second kappa shape index (κ2) is 8.89. The van der Waals surface area contributed by atoms with Gasteiger partial charge in [-0.3, -0.25) is 0 Å². The Morgan fingerprint density at radius 3 is 2.83 bits per heavy atom. The van der Waals surface area contributed by atoms with Crippen LogP contribution >= 0.6 is 11.6 Å². The Morgan fingerprint density at radius 2 is 2.11 bits per heavy atom. The molecule has 2 fully saturated rings. The highest BCUT2D eigenvalue weighted by Crippen LogP contribution is 2.40. The van der Waals surface area contributed by atoms with E-state index in [0.717, 1.165) is 18.7 Å². The number of pyridine rings is 1. The molecule has 0 aliphatic carbocycles. The van der Waals surface area contributed by atoms with Gasteiger partial charge < -0.3 is 24.3 Å². The zero-order chi connectivity index (χ0) is 24.7. The fraction of sp³-hybridized carbons (Fsp3) is 0.240. The summed E-state index contributed by atoms with van der Waals surface area (Å²) in [5.74, 6) is 2.36. The first-order valence-corrected chi connectivity index (χ1v) is 11.8. The lowest BCUT2D eigenvalue weighted by Crippen LogP contribution is -2.71. The van der Waals surface area contributed by atoms with E-state index in [0.29, 0.717) is 58.0 Å². The van der Waals surface area contributed by atoms with Crippen molar-refractivity contribution in [1.29, 1.82) is 0 Å². The SMILES string of the molecule is C=CN=c1cc(Oc2ccc(Nc3ncnc4cnc(N5CCC56COC6)nc34)cc2Cl)ccn1C. The van der Waals surface area contributed by atoms with E-state index in [1.165, 1.54) is 12.5 Å². The molecule has 6 rings (SSSR count). The first-order valence-electron chi connectivity index (χ1n) is 11.4. The number of halogens is 1. The summed E-state index contributed by atoms with van der Waals surface area (Å²) in [5, 5.41) is 3.75. The van der Waals surface area contributed by atoms with E-state index in [1.807, 2.05) is 36.0 Å². The molecular weight excluding hydrogens is 480 g/mol. The predicted molar refractivity (Wildman–Crippen MR) is 137 cm³/mol. The van der Waals surface area contributed by atoms with Gasteiger partial charge in [0.1, 0.15) is 34.3 Å². The molecule has 2 aliphatic heterocycles. The van der Waals surface area contributed by atoms with Gasteiger partial charge in [0.25, 0.3) is 0 Å². The van der Waals surface area contributed by atoms with Crippen LogP contribution in [0.2, 0.25) is 5.02 Å². The van der Waals surface area contributed by atoms with Gasteiger partial charge in [-0.15, -0.1) is 0 Å². The average molecular weight is 503 g/mol. The first kappa shape index (κ1) is 22.4. The third kappa shape index (κ3) is 3.94. The van der Waals surface area contributed by atoms with Crippen molar-refractivity contribution in [2.75, 3.05) is 30.0 Å². The number of ether oxygens (including phenoxy) is 2. The Kier molecular flexibility index (Phi) is 5.54. The molecule has 10 nitrogen and oxygen atoms in total. The van der Waals surface area contributed by atoms with Crippen molar-refractivity contribution < 1.29 is 9.47 Å². The summed E-state index contributed by atoms with van der Waals surface area (Å²) in [7, 11) is 1.90. The van der Waals surface area contributed by atoms with Crippen molar-refractivity contribution in [3.05, 3.63) is 72.3 Å². The fourth-order valence-corrected chi connectivity index (χ4v) is 4.52. The smallest absolute Gasteiger partial charge is 0.226 e. The maximum absolute atomic E-state index is 6.56. The fourth-order valence-electron chi connectivity index (χ4n) is 4.31. The molecule has 11 heteroatoms. The summed E-state index contributed by atoms with van der Waals surface area (Å²) in [4.78, 5) is 24.5. The summed E-state index contributed by atoms with van der Waals surface area (Å²) in [6, 6.07) is 9.10. The number of aromatic nitrogens is 5. The normalized spacial score (nSPS) is 16.5. The molecule has 3 aromatic heterocycles. The van der Waals surface area contributed by atoms with Gasteiger partial charge in [-0.2, -0.15) is 0 Å². The van der Waals surface area contributed by atoms with Crippen LogP contribution < -0.4 is 20.4 Å². The van der Waals surface area contributed by atoms with Crippen LogP contribution in [0.4, 0.5) is 17.5 Å². The number of aryl methyl sites for hydroxylation is 1. The van der Waals surface area contributed by atoms with Crippen molar-refractivity contribution in [2.45, 2.75) is 12.0 Å². The molecule has 36 heavy (non-hydrogen) atoms. The monoisotopic (exact) mass is 502 g/mol. The van der Waals surface area contributed by atoms with Crippen LogP contribution in [0.25, 0.3) is 11.0 Å². The topological polar surface area (TPSA) is 103 Å². The molecule has 0 atom stereocenters. The van der Waals surface area contributed by atoms with Crippen LogP contribution in [0.1, 0.15) is 6.42 Å². The zero-order valence-corrected chi connectivity index (χ0v) is 20.3. The summed E-state index contributed by atoms with van der Waals surface area (Å²) in [6.45, 7) is 5.98. The van der Waals surface area contributed by atoms with Gasteiger partial charge in [-0.1, -0.05) is 18.2 Å². The van der Waals surface area contributed by atoms with E-state index in [-0.39, 0.29) is 5.54 Å². The molecule has 0 radical (unpaired) electrons. The van der Waals surface area contributed by atoms with Gasteiger partial charge in [0, 0.05) is 37.7 Å². The number of benzene rings is 1. The Labute approximate surface area is 211 Å². The molecule has 1 aromatic carbocycles. The van der Waals surface area contributed by atoms with Gasteiger partial charge in [-0.05, 0) is 30.7 Å². The van der Waals surface area contributed by atoms with E-state index < -0.39 is 0 Å². The molecule has 1 spiro atoms. The Hall–Kier alpha value is -4.02. The quantitative estimate of drug-likeness (QED) is 0.422. The molecule has 5 heterocycles. The number of anilines is 3. The lowest BCUT2D eigenvalue weighted by molar-refractivity contribution is -0.0855. The highest BCUT2D eigenvalue weighted by atomic mass is 35.5. The summed E-state index contributed by atoms with van der Waals surface area (Å²) in [5.41, 5.74) is 2.78. The molecule has 2 aliphatic rings. The average Bonchev–Trinajstić information content (AvgIpc) is 2.82. The molecule has 2 saturated heterocycles. The minimum atomic E-state index is 0.0386. The number of fused-ring (bicyclic) bond motifs is 1. The maximum Gasteiger partial charge on any atom is 0.226 e. The van der Waals surface area contributed by atoms with Crippen molar-refractivity contribution in [3.8, 4) is 11.5 Å². The maximum atomic E-state index is 6.56. The minimum Gasteiger partial charge on any atom is -0.456 e. The Bertz CT molecular complexity index is 1540. The van der Waals surface area contributed by atoms with Crippen molar-refractivity contribution in [1.82, 2.24) is 24.5 Å². The standard InChI is InChI=1S/C25H23ClN8O2/c1-3-27-21-11-17(6-8-33(21)2)36-20-5-4-16(10-18(20)26)31-23-22-19(29-15-30-23)12-28-24(32-22)34-9-7-25(34)13-35-14-25/h3-6,8,10-12,15H,1,7,9,13-14H2,2H3,(H,29,30,31). The van der Waals surface area contributed by atoms with Gasteiger partial charge in [0.15, 0.2) is 5.82 Å². The van der Waals surface area contributed by atoms with Gasteiger partial charge >= 0.3 is 0 Å². The number of nitrogens with zero attached hydrogens (tertiary/aromatic N) is 7. The molecule has 0 saturated carbocycles. The van der Waals surface area contributed by atoms with Gasteiger partial charge in [-0.25, -0.2) is 24.9 Å². The van der Waals surface area contributed by atoms with E-state index >= 15 is 0 Å². The van der Waals surface area contributed by atoms with E-state index in [9.17, 15) is 0 Å². The molecule has 0 unspecified atom stereocenters. The van der Waals surface area contributed by atoms with Gasteiger partial charge in [0.2, 0.25) is 5.95 Å². The minimum absolute atomic E-state index is 0.0386. The van der Waals surface area contributed by atoms with E-state index in [2.05, 4.69) is 36.7 Å². The molecule has 1 N–H and O–H groups in total. The van der Waals surface area contributed by atoms with Crippen molar-refractivity contribution in [3.63, 3.8) is 0 Å². The number of rotatable bonds is 6. The predicted octanol–water partition coefficient (Wildman–Crippen LogP) is 3.97. The third-order valence-electron chi connectivity index (χ3n) is 6.46. The highest BCUT2D eigenvalue weighted by molar-refractivity contribution is 6.32. The molecule has 4 aromatic rings. The second-order valence-corrected chi connectivity index (χ2v) is 9.17. The van der Waals surface area contributed by atoms with E-state index in [1.54, 1.807) is 18.3 Å². The van der Waals surface area contributed by atoms with Crippen LogP contribution in [-0.2, 0) is 11.8 Å². The third-order valence-corrected chi connectivity index (χ3v) is 6.76. The second-order valence-electron chi connectivity index (χ2n) is 8.76. The Balaban J connectivity index is 1.25. The summed E-state index contributed by atoms with van der Waals surface area (Å²) in [6.07, 6.45) is 7.65. The summed E-state index contributed by atoms with van der Waals surface area (Å²) < 4.78 is 13.3. The summed E-state index contributed by atoms with van der Waals surface area (Å²) >= 11 is 6.56. The molecule has 0 bridgehead atoms. The van der Waals surface area contributed by atoms with Crippen LogP contribution in [-0.4, -0.2) is 49.8 Å². The molecule has 0 amide bonds. The van der Waals surface area contributed by atoms with E-state index in [4.69, 9.17) is 26.1 Å². The number of hydrogen-bond donors (Lipinski definition) is 1. The number of hydrogen-bond acceptors (Lipinski definition) is 9. The van der Waals surface area contributed by atoms with Crippen LogP contribution in [0.3, 0.4) is 0 Å². The van der Waals surface area contributed by atoms with Crippen LogP contribution in [0.5, 0.6) is 11.5 Å². The van der Waals surface area contributed by atoms with Gasteiger partial charge in [0.05, 0.1) is 30.0 Å². The molecule has 182 valence electrons. The van der Waals surface area contributed by atoms with Crippen molar-refractivity contribution >= 4 is 40.1 Å². The largest absolute Gasteiger partial charge is 0.456 e. The Morgan fingerprint density at radius 1 is 1.22 bits per heavy atom. The lowest BCUT2D eigenvalue weighted by Gasteiger charge is -2.57. The number of nitrogens with one attached hydrogen (secondary N) is 1.